The summed E-state index contributed by atoms with van der Waals surface area (Å²) in [6.45, 7) is 1.28. The molecule has 0 atom stereocenters. The van der Waals surface area contributed by atoms with Gasteiger partial charge in [0.05, 0.1) is 16.8 Å². The minimum Gasteiger partial charge on any atom is -0.384 e. The molecule has 21 heavy (non-hydrogen) atoms. The van der Waals surface area contributed by atoms with Gasteiger partial charge in [0.25, 0.3) is 0 Å². The summed E-state index contributed by atoms with van der Waals surface area (Å²) in [5.74, 6) is -1.67. The van der Waals surface area contributed by atoms with E-state index in [0.29, 0.717) is 24.7 Å². The highest BCUT2D eigenvalue weighted by atomic mass is 35.5. The molecule has 1 aromatic heterocycles. The molecule has 1 aliphatic heterocycles. The smallest absolute Gasteiger partial charge is 0.178 e. The van der Waals surface area contributed by atoms with Gasteiger partial charge in [-0.2, -0.15) is 5.10 Å². The number of benzene rings is 1. The normalized spacial score (nSPS) is 16.3. The van der Waals surface area contributed by atoms with Crippen LogP contribution in [0.4, 0.5) is 14.6 Å². The molecule has 0 spiro atoms. The molecule has 2 N–H and O–H groups in total. The average molecular weight is 314 g/mol. The molecule has 7 heteroatoms. The number of nitrogen functional groups attached to an aromatic ring is 1. The summed E-state index contributed by atoms with van der Waals surface area (Å²) in [4.78, 5) is 0. The highest BCUT2D eigenvalue weighted by Gasteiger charge is 2.22. The molecule has 0 unspecified atom stereocenters. The van der Waals surface area contributed by atoms with Gasteiger partial charge in [0, 0.05) is 24.8 Å². The van der Waals surface area contributed by atoms with E-state index < -0.39 is 11.6 Å². The molecule has 1 fully saturated rings. The minimum atomic E-state index is -1.08. The van der Waals surface area contributed by atoms with Crippen LogP contribution < -0.4 is 5.73 Å². The van der Waals surface area contributed by atoms with Gasteiger partial charge in [0.1, 0.15) is 5.82 Å². The van der Waals surface area contributed by atoms with Crippen LogP contribution in [0.5, 0.6) is 0 Å². The van der Waals surface area contributed by atoms with Crippen molar-refractivity contribution in [3.63, 3.8) is 0 Å². The van der Waals surface area contributed by atoms with Gasteiger partial charge in [-0.05, 0) is 25.0 Å². The zero-order chi connectivity index (χ0) is 15.0. The lowest BCUT2D eigenvalue weighted by Crippen LogP contribution is -2.21. The van der Waals surface area contributed by atoms with Crippen molar-refractivity contribution in [3.8, 4) is 11.3 Å². The zero-order valence-electron chi connectivity index (χ0n) is 11.2. The lowest BCUT2D eigenvalue weighted by molar-refractivity contribution is 0.0669. The van der Waals surface area contributed by atoms with Gasteiger partial charge < -0.3 is 10.5 Å². The maximum Gasteiger partial charge on any atom is 0.178 e. The number of anilines is 1. The van der Waals surface area contributed by atoms with Crippen molar-refractivity contribution in [1.29, 1.82) is 0 Å². The molecular weight excluding hydrogens is 300 g/mol. The second-order valence-electron chi connectivity index (χ2n) is 4.97. The molecule has 0 aliphatic carbocycles. The van der Waals surface area contributed by atoms with E-state index in [0.717, 1.165) is 12.8 Å². The Morgan fingerprint density at radius 1 is 1.24 bits per heavy atom. The van der Waals surface area contributed by atoms with E-state index in [1.807, 2.05) is 0 Å². The first kappa shape index (κ1) is 14.3. The Hall–Kier alpha value is -1.66. The lowest BCUT2D eigenvalue weighted by Gasteiger charge is -2.23. The summed E-state index contributed by atoms with van der Waals surface area (Å²) in [7, 11) is 0. The van der Waals surface area contributed by atoms with Gasteiger partial charge in [0.15, 0.2) is 11.6 Å². The third-order valence-electron chi connectivity index (χ3n) is 3.61. The van der Waals surface area contributed by atoms with Gasteiger partial charge in [-0.25, -0.2) is 13.5 Å². The molecule has 2 aromatic rings. The van der Waals surface area contributed by atoms with Crippen LogP contribution in [0.3, 0.4) is 0 Å². The maximum absolute atomic E-state index is 14.0. The number of hydrogen-bond donors (Lipinski definition) is 1. The Kier molecular flexibility index (Phi) is 3.82. The predicted octanol–water partition coefficient (Wildman–Crippen LogP) is 3.42. The number of nitrogens with zero attached hydrogens (tertiary/aromatic N) is 2. The molecule has 3 rings (SSSR count). The first-order chi connectivity index (χ1) is 10.1. The fourth-order valence-electron chi connectivity index (χ4n) is 2.49. The van der Waals surface area contributed by atoms with Crippen LogP contribution in [0.25, 0.3) is 11.3 Å². The van der Waals surface area contributed by atoms with Crippen LogP contribution in [0.2, 0.25) is 5.02 Å². The average Bonchev–Trinajstić information content (AvgIpc) is 2.87. The topological polar surface area (TPSA) is 53.1 Å². The Labute approximate surface area is 125 Å². The SMILES string of the molecule is Nc1cc(-c2ccc(Cl)c(F)c2F)nn1C1CCOCC1. The maximum atomic E-state index is 14.0. The molecule has 1 aliphatic rings. The lowest BCUT2D eigenvalue weighted by atomic mass is 10.1. The highest BCUT2D eigenvalue weighted by molar-refractivity contribution is 6.30. The largest absolute Gasteiger partial charge is 0.384 e. The van der Waals surface area contributed by atoms with Crippen LogP contribution in [0, 0.1) is 11.6 Å². The van der Waals surface area contributed by atoms with Crippen molar-refractivity contribution in [2.24, 2.45) is 0 Å². The van der Waals surface area contributed by atoms with Crippen LogP contribution in [0.15, 0.2) is 18.2 Å². The van der Waals surface area contributed by atoms with Crippen molar-refractivity contribution in [3.05, 3.63) is 34.9 Å². The van der Waals surface area contributed by atoms with Crippen LogP contribution in [0.1, 0.15) is 18.9 Å². The quantitative estimate of drug-likeness (QED) is 0.864. The number of aromatic nitrogens is 2. The molecule has 112 valence electrons. The summed E-state index contributed by atoms with van der Waals surface area (Å²) in [5, 5.41) is 4.07. The zero-order valence-corrected chi connectivity index (χ0v) is 11.9. The molecule has 0 radical (unpaired) electrons. The number of nitrogens with two attached hydrogens (primary N) is 1. The van der Waals surface area contributed by atoms with Crippen molar-refractivity contribution < 1.29 is 13.5 Å². The highest BCUT2D eigenvalue weighted by Crippen LogP contribution is 2.31. The van der Waals surface area contributed by atoms with Gasteiger partial charge in [-0.15, -0.1) is 0 Å². The molecule has 0 bridgehead atoms. The Morgan fingerprint density at radius 3 is 2.67 bits per heavy atom. The summed E-state index contributed by atoms with van der Waals surface area (Å²) >= 11 is 5.55. The van der Waals surface area contributed by atoms with Crippen LogP contribution >= 0.6 is 11.6 Å². The fourth-order valence-corrected chi connectivity index (χ4v) is 2.63. The van der Waals surface area contributed by atoms with E-state index in [1.54, 1.807) is 10.7 Å². The number of ether oxygens (including phenoxy) is 1. The molecule has 1 saturated heterocycles. The Bertz CT molecular complexity index is 668. The summed E-state index contributed by atoms with van der Waals surface area (Å²) in [5.41, 5.74) is 6.29. The summed E-state index contributed by atoms with van der Waals surface area (Å²) in [6.07, 6.45) is 1.59. The molecule has 2 heterocycles. The van der Waals surface area contributed by atoms with Crippen molar-refractivity contribution >= 4 is 17.4 Å². The van der Waals surface area contributed by atoms with Gasteiger partial charge in [-0.3, -0.25) is 0 Å². The molecular formula is C14H14ClF2N3O. The van der Waals surface area contributed by atoms with Gasteiger partial charge in [-0.1, -0.05) is 11.6 Å². The third-order valence-corrected chi connectivity index (χ3v) is 3.90. The monoisotopic (exact) mass is 313 g/mol. The minimum absolute atomic E-state index is 0.0504. The van der Waals surface area contributed by atoms with Crippen molar-refractivity contribution in [1.82, 2.24) is 9.78 Å². The van der Waals surface area contributed by atoms with Crippen molar-refractivity contribution in [2.45, 2.75) is 18.9 Å². The van der Waals surface area contributed by atoms with E-state index >= 15 is 0 Å². The third kappa shape index (κ3) is 2.61. The van der Waals surface area contributed by atoms with E-state index in [4.69, 9.17) is 22.1 Å². The van der Waals surface area contributed by atoms with Gasteiger partial charge >= 0.3 is 0 Å². The van der Waals surface area contributed by atoms with Gasteiger partial charge in [0.2, 0.25) is 0 Å². The van der Waals surface area contributed by atoms with E-state index in [2.05, 4.69) is 5.10 Å². The number of hydrogen-bond acceptors (Lipinski definition) is 3. The first-order valence-electron chi connectivity index (χ1n) is 6.64. The fraction of sp³-hybridized carbons (Fsp3) is 0.357. The van der Waals surface area contributed by atoms with Crippen molar-refractivity contribution in [2.75, 3.05) is 18.9 Å². The number of rotatable bonds is 2. The first-order valence-corrected chi connectivity index (χ1v) is 7.02. The van der Waals surface area contributed by atoms with E-state index in [-0.39, 0.29) is 16.6 Å². The second kappa shape index (κ2) is 5.61. The Balaban J connectivity index is 1.99. The molecule has 0 saturated carbocycles. The summed E-state index contributed by atoms with van der Waals surface area (Å²) < 4.78 is 34.5. The number of halogens is 3. The standard InChI is InChI=1S/C14H14ClF2N3O/c15-10-2-1-9(13(16)14(10)17)11-7-12(18)20(19-11)8-3-5-21-6-4-8/h1-2,7-8H,3-6,18H2. The summed E-state index contributed by atoms with van der Waals surface area (Å²) in [6, 6.07) is 4.37. The van der Waals surface area contributed by atoms with Crippen LogP contribution in [-0.4, -0.2) is 23.0 Å². The molecule has 4 nitrogen and oxygen atoms in total. The molecule has 0 amide bonds. The predicted molar refractivity (Wildman–Crippen MR) is 76.1 cm³/mol. The Morgan fingerprint density at radius 2 is 1.95 bits per heavy atom. The van der Waals surface area contributed by atoms with E-state index in [1.165, 1.54) is 12.1 Å². The molecule has 1 aromatic carbocycles. The van der Waals surface area contributed by atoms with Crippen LogP contribution in [-0.2, 0) is 4.74 Å². The van der Waals surface area contributed by atoms with E-state index in [9.17, 15) is 8.78 Å². The second-order valence-corrected chi connectivity index (χ2v) is 5.37.